The van der Waals surface area contributed by atoms with E-state index in [0.717, 1.165) is 17.7 Å². The Morgan fingerprint density at radius 3 is 1.96 bits per heavy atom. The lowest BCUT2D eigenvalue weighted by atomic mass is 9.69. The maximum Gasteiger partial charge on any atom is 0.117 e. The summed E-state index contributed by atoms with van der Waals surface area (Å²) >= 11 is 0. The van der Waals surface area contributed by atoms with E-state index in [0.29, 0.717) is 12.8 Å². The van der Waals surface area contributed by atoms with Gasteiger partial charge >= 0.3 is 0 Å². The number of likely N-dealkylation sites (tertiary alicyclic amines) is 1. The molecule has 2 N–H and O–H groups in total. The molecule has 3 heteroatoms. The minimum Gasteiger partial charge on any atom is -0.389 e. The van der Waals surface area contributed by atoms with Gasteiger partial charge in [-0.25, -0.2) is 0 Å². The van der Waals surface area contributed by atoms with E-state index in [2.05, 4.69) is 25.8 Å². The Morgan fingerprint density at radius 1 is 1.00 bits per heavy atom. The van der Waals surface area contributed by atoms with Crippen molar-refractivity contribution in [1.29, 1.82) is 0 Å². The Bertz CT molecular complexity index is 648. The van der Waals surface area contributed by atoms with Gasteiger partial charge in [-0.2, -0.15) is 0 Å². The van der Waals surface area contributed by atoms with Gasteiger partial charge in [0.2, 0.25) is 0 Å². The molecule has 1 heterocycles. The van der Waals surface area contributed by atoms with Crippen LogP contribution in [0.3, 0.4) is 0 Å². The quantitative estimate of drug-likeness (QED) is 0.897. The molecule has 0 aliphatic carbocycles. The fourth-order valence-corrected chi connectivity index (χ4v) is 4.14. The van der Waals surface area contributed by atoms with Gasteiger partial charge in [0.05, 0.1) is 5.60 Å². The fraction of sp³-hybridized carbons (Fsp3) is 0.455. The summed E-state index contributed by atoms with van der Waals surface area (Å²) in [6.07, 6.45) is 0.958. The smallest absolute Gasteiger partial charge is 0.117 e. The summed E-state index contributed by atoms with van der Waals surface area (Å²) in [6, 6.07) is 19.7. The second kappa shape index (κ2) is 6.91. The molecule has 25 heavy (non-hydrogen) atoms. The highest BCUT2D eigenvalue weighted by molar-refractivity contribution is 5.36. The van der Waals surface area contributed by atoms with Crippen molar-refractivity contribution in [2.24, 2.45) is 5.92 Å². The van der Waals surface area contributed by atoms with Crippen LogP contribution in [0.4, 0.5) is 0 Å². The monoisotopic (exact) mass is 339 g/mol. The van der Waals surface area contributed by atoms with Crippen molar-refractivity contribution in [3.05, 3.63) is 71.8 Å². The molecule has 2 aromatic rings. The predicted octanol–water partition coefficient (Wildman–Crippen LogP) is 3.40. The number of nitrogens with zero attached hydrogens (tertiary/aromatic N) is 1. The van der Waals surface area contributed by atoms with E-state index in [1.807, 2.05) is 60.7 Å². The van der Waals surface area contributed by atoms with Crippen LogP contribution >= 0.6 is 0 Å². The minimum atomic E-state index is -1.21. The van der Waals surface area contributed by atoms with E-state index in [4.69, 9.17) is 0 Å². The molecule has 0 spiro atoms. The second-order valence-corrected chi connectivity index (χ2v) is 7.77. The van der Waals surface area contributed by atoms with Crippen molar-refractivity contribution in [3.8, 4) is 0 Å². The summed E-state index contributed by atoms with van der Waals surface area (Å²) < 4.78 is 0. The summed E-state index contributed by atoms with van der Waals surface area (Å²) in [4.78, 5) is 2.28. The van der Waals surface area contributed by atoms with Crippen LogP contribution in [0, 0.1) is 5.92 Å². The summed E-state index contributed by atoms with van der Waals surface area (Å²) in [6.45, 7) is 5.05. The molecule has 0 amide bonds. The van der Waals surface area contributed by atoms with E-state index < -0.39 is 11.2 Å². The highest BCUT2D eigenvalue weighted by atomic mass is 16.3. The molecule has 1 aliphatic heterocycles. The fourth-order valence-electron chi connectivity index (χ4n) is 4.14. The van der Waals surface area contributed by atoms with Crippen molar-refractivity contribution in [3.63, 3.8) is 0 Å². The van der Waals surface area contributed by atoms with Crippen molar-refractivity contribution in [2.75, 3.05) is 13.6 Å². The van der Waals surface area contributed by atoms with E-state index in [1.54, 1.807) is 0 Å². The first-order valence-corrected chi connectivity index (χ1v) is 9.11. The molecule has 1 aliphatic rings. The van der Waals surface area contributed by atoms with Gasteiger partial charge in [0.15, 0.2) is 0 Å². The summed E-state index contributed by atoms with van der Waals surface area (Å²) in [5.74, 6) is 0.0904. The van der Waals surface area contributed by atoms with Gasteiger partial charge in [0, 0.05) is 19.0 Å². The molecule has 0 bridgehead atoms. The number of benzene rings is 2. The van der Waals surface area contributed by atoms with Gasteiger partial charge in [0.25, 0.3) is 0 Å². The molecule has 2 aromatic carbocycles. The summed E-state index contributed by atoms with van der Waals surface area (Å²) in [5, 5.41) is 23.3. The molecule has 0 radical (unpaired) electrons. The molecule has 3 atom stereocenters. The number of hydrogen-bond acceptors (Lipinski definition) is 3. The first-order chi connectivity index (χ1) is 11.8. The molecular weight excluding hydrogens is 310 g/mol. The molecule has 1 fully saturated rings. The van der Waals surface area contributed by atoms with Crippen molar-refractivity contribution in [1.82, 2.24) is 4.90 Å². The number of hydrogen-bond donors (Lipinski definition) is 2. The third-order valence-electron chi connectivity index (χ3n) is 5.95. The summed E-state index contributed by atoms with van der Waals surface area (Å²) in [7, 11) is 2.10. The lowest BCUT2D eigenvalue weighted by Gasteiger charge is -2.49. The zero-order valence-corrected chi connectivity index (χ0v) is 15.4. The maximum atomic E-state index is 11.8. The standard InChI is InChI=1S/C22H29NO2/c1-17-15-23(3)18(2)14-21(17,24)16-22(25,19-10-6-4-7-11-19)20-12-8-5-9-13-20/h4-13,17-18,24-25H,14-16H2,1-3H3/t17-,18+,21+/m1/s1. The van der Waals surface area contributed by atoms with Crippen molar-refractivity contribution < 1.29 is 10.2 Å². The predicted molar refractivity (Wildman–Crippen MR) is 101 cm³/mol. The maximum absolute atomic E-state index is 11.8. The van der Waals surface area contributed by atoms with Crippen LogP contribution in [-0.2, 0) is 5.60 Å². The zero-order chi connectivity index (χ0) is 18.1. The molecule has 3 nitrogen and oxygen atoms in total. The van der Waals surface area contributed by atoms with Gasteiger partial charge in [-0.1, -0.05) is 67.6 Å². The first-order valence-electron chi connectivity index (χ1n) is 9.11. The van der Waals surface area contributed by atoms with Crippen LogP contribution in [0.5, 0.6) is 0 Å². The average Bonchev–Trinajstić information content (AvgIpc) is 2.61. The van der Waals surface area contributed by atoms with Crippen molar-refractivity contribution >= 4 is 0 Å². The molecular formula is C22H29NO2. The van der Waals surface area contributed by atoms with Crippen LogP contribution < -0.4 is 0 Å². The Balaban J connectivity index is 2.02. The third-order valence-corrected chi connectivity index (χ3v) is 5.95. The van der Waals surface area contributed by atoms with Gasteiger partial charge < -0.3 is 15.1 Å². The normalized spacial score (nSPS) is 28.0. The highest BCUT2D eigenvalue weighted by Gasteiger charge is 2.47. The molecule has 0 aromatic heterocycles. The Morgan fingerprint density at radius 2 is 1.48 bits per heavy atom. The molecule has 134 valence electrons. The first kappa shape index (κ1) is 18.1. The van der Waals surface area contributed by atoms with E-state index in [1.165, 1.54) is 0 Å². The molecule has 0 unspecified atom stereocenters. The van der Waals surface area contributed by atoms with Gasteiger partial charge in [-0.3, -0.25) is 0 Å². The Labute approximate surface area is 150 Å². The Kier molecular flexibility index (Phi) is 5.01. The zero-order valence-electron chi connectivity index (χ0n) is 15.4. The number of aliphatic hydroxyl groups is 2. The van der Waals surface area contributed by atoms with E-state index >= 15 is 0 Å². The summed E-state index contributed by atoms with van der Waals surface area (Å²) in [5.41, 5.74) is -0.463. The topological polar surface area (TPSA) is 43.7 Å². The lowest BCUT2D eigenvalue weighted by molar-refractivity contribution is -0.121. The van der Waals surface area contributed by atoms with Crippen LogP contribution in [0.1, 0.15) is 37.8 Å². The Hall–Kier alpha value is -1.68. The highest BCUT2D eigenvalue weighted by Crippen LogP contribution is 2.43. The van der Waals surface area contributed by atoms with Gasteiger partial charge in [0.1, 0.15) is 5.60 Å². The van der Waals surface area contributed by atoms with Crippen LogP contribution in [0.2, 0.25) is 0 Å². The molecule has 0 saturated carbocycles. The van der Waals surface area contributed by atoms with E-state index in [-0.39, 0.29) is 12.0 Å². The van der Waals surface area contributed by atoms with Gasteiger partial charge in [-0.15, -0.1) is 0 Å². The molecule has 3 rings (SSSR count). The van der Waals surface area contributed by atoms with Gasteiger partial charge in [-0.05, 0) is 37.4 Å². The van der Waals surface area contributed by atoms with E-state index in [9.17, 15) is 10.2 Å². The SMILES string of the molecule is C[C@@H]1CN(C)[C@@H](C)C[C@]1(O)CC(O)(c1ccccc1)c1ccccc1. The second-order valence-electron chi connectivity index (χ2n) is 7.77. The van der Waals surface area contributed by atoms with Crippen LogP contribution in [-0.4, -0.2) is 40.3 Å². The average molecular weight is 339 g/mol. The largest absolute Gasteiger partial charge is 0.389 e. The minimum absolute atomic E-state index is 0.0904. The lowest BCUT2D eigenvalue weighted by Crippen LogP contribution is -2.56. The third kappa shape index (κ3) is 3.50. The van der Waals surface area contributed by atoms with Crippen LogP contribution in [0.15, 0.2) is 60.7 Å². The van der Waals surface area contributed by atoms with Crippen molar-refractivity contribution in [2.45, 2.75) is 43.9 Å². The molecule has 1 saturated heterocycles. The van der Waals surface area contributed by atoms with Crippen LogP contribution in [0.25, 0.3) is 0 Å². The number of piperidine rings is 1. The number of rotatable bonds is 4.